The first kappa shape index (κ1) is 9.67. The maximum atomic E-state index is 11.3. The van der Waals surface area contributed by atoms with Crippen molar-refractivity contribution >= 4 is 11.6 Å². The summed E-state index contributed by atoms with van der Waals surface area (Å²) in [5.74, 6) is -0.0875. The van der Waals surface area contributed by atoms with Crippen molar-refractivity contribution in [1.29, 1.82) is 0 Å². The third-order valence-electron chi connectivity index (χ3n) is 1.75. The van der Waals surface area contributed by atoms with Gasteiger partial charge < -0.3 is 10.6 Å². The molecule has 4 nitrogen and oxygen atoms in total. The van der Waals surface area contributed by atoms with Gasteiger partial charge in [0, 0.05) is 12.7 Å². The number of carbonyl (C=O) groups is 1. The number of rotatable bonds is 3. The number of nitrogens with zero attached hydrogens (tertiary/aromatic N) is 2. The van der Waals surface area contributed by atoms with Gasteiger partial charge >= 0.3 is 0 Å². The number of hydrogen-bond donors (Lipinski definition) is 1. The molecule has 1 rings (SSSR count). The molecule has 0 bridgehead atoms. The Labute approximate surface area is 77.4 Å². The lowest BCUT2D eigenvalue weighted by atomic mass is 10.3. The third kappa shape index (κ3) is 2.26. The maximum absolute atomic E-state index is 11.3. The minimum atomic E-state index is -0.0875. The molecule has 0 saturated heterocycles. The second-order valence-electron chi connectivity index (χ2n) is 2.55. The molecule has 13 heavy (non-hydrogen) atoms. The number of likely N-dealkylation sites (N-methyl/N-ethyl adjacent to an activating group) is 1. The SMILES string of the molecule is CCN(C(=O)CN)c1cccnc1. The predicted molar refractivity (Wildman–Crippen MR) is 51.3 cm³/mol. The summed E-state index contributed by atoms with van der Waals surface area (Å²) in [4.78, 5) is 16.9. The van der Waals surface area contributed by atoms with Crippen molar-refractivity contribution in [2.75, 3.05) is 18.0 Å². The summed E-state index contributed by atoms with van der Waals surface area (Å²) >= 11 is 0. The molecular formula is C9H13N3O. The van der Waals surface area contributed by atoms with Crippen molar-refractivity contribution in [2.24, 2.45) is 5.73 Å². The number of amides is 1. The average molecular weight is 179 g/mol. The van der Waals surface area contributed by atoms with E-state index in [2.05, 4.69) is 4.98 Å². The molecule has 70 valence electrons. The minimum absolute atomic E-state index is 0.0305. The summed E-state index contributed by atoms with van der Waals surface area (Å²) in [7, 11) is 0. The number of aromatic nitrogens is 1. The van der Waals surface area contributed by atoms with Gasteiger partial charge in [-0.2, -0.15) is 0 Å². The van der Waals surface area contributed by atoms with E-state index in [1.54, 1.807) is 23.4 Å². The second-order valence-corrected chi connectivity index (χ2v) is 2.55. The van der Waals surface area contributed by atoms with E-state index in [-0.39, 0.29) is 12.5 Å². The Morgan fingerprint density at radius 2 is 2.46 bits per heavy atom. The van der Waals surface area contributed by atoms with Crippen LogP contribution in [0.15, 0.2) is 24.5 Å². The molecule has 1 aromatic rings. The monoisotopic (exact) mass is 179 g/mol. The fraction of sp³-hybridized carbons (Fsp3) is 0.333. The van der Waals surface area contributed by atoms with E-state index in [0.29, 0.717) is 6.54 Å². The molecule has 0 aromatic carbocycles. The van der Waals surface area contributed by atoms with E-state index in [9.17, 15) is 4.79 Å². The van der Waals surface area contributed by atoms with E-state index in [0.717, 1.165) is 5.69 Å². The van der Waals surface area contributed by atoms with Crippen LogP contribution in [0.2, 0.25) is 0 Å². The summed E-state index contributed by atoms with van der Waals surface area (Å²) in [5, 5.41) is 0. The molecule has 0 spiro atoms. The van der Waals surface area contributed by atoms with Gasteiger partial charge in [-0.25, -0.2) is 0 Å². The van der Waals surface area contributed by atoms with Crippen LogP contribution in [0.3, 0.4) is 0 Å². The maximum Gasteiger partial charge on any atom is 0.240 e. The number of pyridine rings is 1. The summed E-state index contributed by atoms with van der Waals surface area (Å²) in [5.41, 5.74) is 6.07. The molecule has 0 saturated carbocycles. The van der Waals surface area contributed by atoms with E-state index < -0.39 is 0 Å². The Morgan fingerprint density at radius 3 is 2.92 bits per heavy atom. The van der Waals surface area contributed by atoms with Crippen LogP contribution in [0.25, 0.3) is 0 Å². The normalized spacial score (nSPS) is 9.69. The topological polar surface area (TPSA) is 59.2 Å². The zero-order valence-electron chi connectivity index (χ0n) is 7.60. The van der Waals surface area contributed by atoms with Crippen molar-refractivity contribution in [1.82, 2.24) is 4.98 Å². The van der Waals surface area contributed by atoms with E-state index in [1.165, 1.54) is 0 Å². The zero-order valence-corrected chi connectivity index (χ0v) is 7.60. The van der Waals surface area contributed by atoms with Gasteiger partial charge in [0.15, 0.2) is 0 Å². The van der Waals surface area contributed by atoms with Crippen molar-refractivity contribution < 1.29 is 4.79 Å². The van der Waals surface area contributed by atoms with Crippen LogP contribution in [0, 0.1) is 0 Å². The second kappa shape index (κ2) is 4.57. The molecule has 0 aliphatic rings. The van der Waals surface area contributed by atoms with Gasteiger partial charge in [0.05, 0.1) is 18.4 Å². The van der Waals surface area contributed by atoms with Gasteiger partial charge in [0.1, 0.15) is 0 Å². The van der Waals surface area contributed by atoms with Gasteiger partial charge in [-0.3, -0.25) is 9.78 Å². The van der Waals surface area contributed by atoms with Crippen molar-refractivity contribution in [2.45, 2.75) is 6.92 Å². The summed E-state index contributed by atoms with van der Waals surface area (Å²) < 4.78 is 0. The highest BCUT2D eigenvalue weighted by Gasteiger charge is 2.10. The van der Waals surface area contributed by atoms with Crippen LogP contribution >= 0.6 is 0 Å². The van der Waals surface area contributed by atoms with Crippen LogP contribution in [-0.4, -0.2) is 24.0 Å². The lowest BCUT2D eigenvalue weighted by Crippen LogP contribution is -2.35. The lowest BCUT2D eigenvalue weighted by molar-refractivity contribution is -0.117. The van der Waals surface area contributed by atoms with Crippen LogP contribution in [0.4, 0.5) is 5.69 Å². The van der Waals surface area contributed by atoms with Crippen molar-refractivity contribution in [3.63, 3.8) is 0 Å². The largest absolute Gasteiger partial charge is 0.322 e. The smallest absolute Gasteiger partial charge is 0.240 e. The van der Waals surface area contributed by atoms with E-state index in [1.807, 2.05) is 13.0 Å². The Morgan fingerprint density at radius 1 is 1.69 bits per heavy atom. The fourth-order valence-corrected chi connectivity index (χ4v) is 1.13. The van der Waals surface area contributed by atoms with Crippen molar-refractivity contribution in [3.8, 4) is 0 Å². The molecule has 0 fully saturated rings. The first-order valence-corrected chi connectivity index (χ1v) is 4.20. The van der Waals surface area contributed by atoms with Gasteiger partial charge in [-0.1, -0.05) is 0 Å². The molecule has 0 aliphatic carbocycles. The zero-order chi connectivity index (χ0) is 9.68. The minimum Gasteiger partial charge on any atom is -0.322 e. The Balaban J connectivity index is 2.85. The molecule has 1 aromatic heterocycles. The quantitative estimate of drug-likeness (QED) is 0.730. The molecule has 0 unspecified atom stereocenters. The molecule has 4 heteroatoms. The highest BCUT2D eigenvalue weighted by atomic mass is 16.2. The van der Waals surface area contributed by atoms with Gasteiger partial charge in [0.2, 0.25) is 5.91 Å². The average Bonchev–Trinajstić information content (AvgIpc) is 2.20. The van der Waals surface area contributed by atoms with E-state index >= 15 is 0 Å². The molecule has 0 atom stereocenters. The van der Waals surface area contributed by atoms with Gasteiger partial charge in [-0.15, -0.1) is 0 Å². The van der Waals surface area contributed by atoms with Crippen LogP contribution in [0.5, 0.6) is 0 Å². The molecule has 1 heterocycles. The van der Waals surface area contributed by atoms with Gasteiger partial charge in [0.25, 0.3) is 0 Å². The van der Waals surface area contributed by atoms with Crippen LogP contribution in [-0.2, 0) is 4.79 Å². The lowest BCUT2D eigenvalue weighted by Gasteiger charge is -2.19. The highest BCUT2D eigenvalue weighted by molar-refractivity contribution is 5.94. The third-order valence-corrected chi connectivity index (χ3v) is 1.75. The van der Waals surface area contributed by atoms with Crippen LogP contribution in [0.1, 0.15) is 6.92 Å². The summed E-state index contributed by atoms with van der Waals surface area (Å²) in [6.45, 7) is 2.55. The van der Waals surface area contributed by atoms with Crippen molar-refractivity contribution in [3.05, 3.63) is 24.5 Å². The molecular weight excluding hydrogens is 166 g/mol. The Hall–Kier alpha value is -1.42. The fourth-order valence-electron chi connectivity index (χ4n) is 1.13. The molecule has 1 amide bonds. The first-order valence-electron chi connectivity index (χ1n) is 4.20. The number of carbonyl (C=O) groups excluding carboxylic acids is 1. The molecule has 0 aliphatic heterocycles. The summed E-state index contributed by atoms with van der Waals surface area (Å²) in [6.07, 6.45) is 3.32. The Bertz CT molecular complexity index is 273. The van der Waals surface area contributed by atoms with E-state index in [4.69, 9.17) is 5.73 Å². The highest BCUT2D eigenvalue weighted by Crippen LogP contribution is 2.10. The van der Waals surface area contributed by atoms with Crippen LogP contribution < -0.4 is 10.6 Å². The standard InChI is InChI=1S/C9H13N3O/c1-2-12(9(13)6-10)8-4-3-5-11-7-8/h3-5,7H,2,6,10H2,1H3. The summed E-state index contributed by atoms with van der Waals surface area (Å²) in [6, 6.07) is 3.63. The number of anilines is 1. The predicted octanol–water partition coefficient (Wildman–Crippen LogP) is 0.393. The molecule has 0 radical (unpaired) electrons. The Kier molecular flexibility index (Phi) is 3.40. The first-order chi connectivity index (χ1) is 6.29. The van der Waals surface area contributed by atoms with Gasteiger partial charge in [-0.05, 0) is 19.1 Å². The molecule has 2 N–H and O–H groups in total. The number of nitrogens with two attached hydrogens (primary N) is 1. The number of hydrogen-bond acceptors (Lipinski definition) is 3.